The van der Waals surface area contributed by atoms with Gasteiger partial charge >= 0.3 is 0 Å². The normalized spacial score (nSPS) is 8.13. The van der Waals surface area contributed by atoms with Crippen LogP contribution >= 0.6 is 67.8 Å². The molecule has 6 unspecified atom stereocenters. The number of halogens is 1. The second kappa shape index (κ2) is 34.8. The smallest absolute Gasteiger partial charge is 0 e. The van der Waals surface area contributed by atoms with E-state index in [2.05, 4.69) is 55.4 Å². The zero-order valence-corrected chi connectivity index (χ0v) is 35.7. The van der Waals surface area contributed by atoms with Crippen LogP contribution in [0.2, 0.25) is 0 Å². The summed E-state index contributed by atoms with van der Waals surface area (Å²) in [6.07, 6.45) is 0. The second-order valence-corrected chi connectivity index (χ2v) is 12.5. The van der Waals surface area contributed by atoms with E-state index in [1.165, 1.54) is 31.8 Å². The van der Waals surface area contributed by atoms with E-state index in [1.807, 2.05) is 182 Å². The quantitative estimate of drug-likeness (QED) is 0.109. The van der Waals surface area contributed by atoms with Crippen LogP contribution in [0.5, 0.6) is 0 Å². The Bertz CT molecular complexity index is 1110. The Balaban J connectivity index is -0.000000464. The second-order valence-electron chi connectivity index (χ2n) is 8.46. The topological polar surface area (TPSA) is 0 Å². The maximum Gasteiger partial charge on any atom is 0 e. The average Bonchev–Trinajstić information content (AvgIpc) is 3.01. The van der Waals surface area contributed by atoms with Crippen LogP contribution in [-0.2, 0) is 40.8 Å². The molecule has 0 aliphatic heterocycles. The van der Waals surface area contributed by atoms with Crippen LogP contribution in [0.4, 0.5) is 0 Å². The third kappa shape index (κ3) is 33.2. The van der Waals surface area contributed by atoms with E-state index in [0.717, 1.165) is 0 Å². The molecule has 0 heterocycles. The van der Waals surface area contributed by atoms with Gasteiger partial charge in [-0.05, 0) is 31.8 Å². The van der Waals surface area contributed by atoms with E-state index in [0.29, 0.717) is 0 Å². The van der Waals surface area contributed by atoms with Gasteiger partial charge in [-0.2, -0.15) is 0 Å². The van der Waals surface area contributed by atoms with Crippen LogP contribution in [0.15, 0.2) is 182 Å². The van der Waals surface area contributed by atoms with Crippen molar-refractivity contribution < 1.29 is 40.8 Å². The SMILES string of the molecule is Cl.Pc1ccccc1.Pc1ccccc1.Pc1ccccc1.Pc1ccccc1.Pc1ccccc1.Pc1ccccc1.[Pd].[Pd]. The maximum atomic E-state index is 2.63. The fraction of sp³-hybridized carbons (Fsp3) is 0. The number of hydrogen-bond acceptors (Lipinski definition) is 0. The Hall–Kier alpha value is -0.485. The fourth-order valence-corrected chi connectivity index (χ4v) is 4.05. The van der Waals surface area contributed by atoms with E-state index in [4.69, 9.17) is 0 Å². The first-order valence-electron chi connectivity index (χ1n) is 13.2. The van der Waals surface area contributed by atoms with E-state index in [9.17, 15) is 0 Å². The maximum absolute atomic E-state index is 2.63. The van der Waals surface area contributed by atoms with Crippen LogP contribution in [0.25, 0.3) is 0 Å². The molecule has 0 saturated heterocycles. The first-order valence-corrected chi connectivity index (χ1v) is 16.7. The van der Waals surface area contributed by atoms with Gasteiger partial charge in [-0.25, -0.2) is 0 Å². The molecule has 9 heteroatoms. The van der Waals surface area contributed by atoms with Gasteiger partial charge in [0.1, 0.15) is 0 Å². The molecule has 0 aliphatic rings. The minimum Gasteiger partial charge on any atom is -0.147 e. The minimum absolute atomic E-state index is 0. The van der Waals surface area contributed by atoms with Crippen LogP contribution in [0.3, 0.4) is 0 Å². The van der Waals surface area contributed by atoms with Crippen LogP contribution in [0, 0.1) is 0 Å². The summed E-state index contributed by atoms with van der Waals surface area (Å²) in [5.74, 6) is 0. The molecule has 0 amide bonds. The zero-order chi connectivity index (χ0) is 30.7. The molecule has 6 atom stereocenters. The summed E-state index contributed by atoms with van der Waals surface area (Å²) in [6, 6.07) is 60.8. The van der Waals surface area contributed by atoms with Crippen molar-refractivity contribution in [3.05, 3.63) is 182 Å². The summed E-state index contributed by atoms with van der Waals surface area (Å²) in [6.45, 7) is 0. The Labute approximate surface area is 319 Å². The van der Waals surface area contributed by atoms with Gasteiger partial charge in [0.15, 0.2) is 0 Å². The largest absolute Gasteiger partial charge is 0.147 e. The van der Waals surface area contributed by atoms with E-state index in [1.54, 1.807) is 0 Å². The molecule has 6 rings (SSSR count). The third-order valence-electron chi connectivity index (χ3n) is 4.80. The standard InChI is InChI=1S/6C6H7P.ClH.2Pd/c6*7-6-4-2-1-3-5-6;;;/h6*1-5H,7H2;1H;;. The summed E-state index contributed by atoms with van der Waals surface area (Å²) in [7, 11) is 15.8. The number of rotatable bonds is 0. The Morgan fingerprint density at radius 3 is 0.333 bits per heavy atom. The van der Waals surface area contributed by atoms with Crippen molar-refractivity contribution >= 4 is 99.7 Å². The molecular formula is C36H43ClP6Pd2. The van der Waals surface area contributed by atoms with Crippen LogP contribution in [-0.4, -0.2) is 0 Å². The van der Waals surface area contributed by atoms with Crippen molar-refractivity contribution in [2.75, 3.05) is 0 Å². The van der Waals surface area contributed by atoms with Gasteiger partial charge in [0.05, 0.1) is 0 Å². The van der Waals surface area contributed by atoms with Gasteiger partial charge in [0.25, 0.3) is 0 Å². The molecule has 45 heavy (non-hydrogen) atoms. The van der Waals surface area contributed by atoms with E-state index >= 15 is 0 Å². The molecule has 0 nitrogen and oxygen atoms in total. The van der Waals surface area contributed by atoms with Crippen molar-refractivity contribution in [3.8, 4) is 0 Å². The van der Waals surface area contributed by atoms with Crippen molar-refractivity contribution in [2.24, 2.45) is 0 Å². The number of benzene rings is 6. The molecular weight excluding hydrogens is 867 g/mol. The molecule has 6 aromatic carbocycles. The van der Waals surface area contributed by atoms with Gasteiger partial charge < -0.3 is 0 Å². The Morgan fingerprint density at radius 2 is 0.289 bits per heavy atom. The number of hydrogen-bond donors (Lipinski definition) is 0. The Morgan fingerprint density at radius 1 is 0.200 bits per heavy atom. The predicted molar refractivity (Wildman–Crippen MR) is 222 cm³/mol. The molecule has 0 fully saturated rings. The molecule has 0 spiro atoms. The molecule has 0 saturated carbocycles. The average molecular weight is 910 g/mol. The van der Waals surface area contributed by atoms with E-state index in [-0.39, 0.29) is 53.3 Å². The first-order chi connectivity index (χ1) is 20.4. The molecule has 0 N–H and O–H groups in total. The summed E-state index contributed by atoms with van der Waals surface area (Å²) in [4.78, 5) is 0. The molecule has 0 aliphatic carbocycles. The van der Waals surface area contributed by atoms with Crippen molar-refractivity contribution in [2.45, 2.75) is 0 Å². The molecule has 244 valence electrons. The summed E-state index contributed by atoms with van der Waals surface area (Å²) < 4.78 is 0. The molecule has 0 radical (unpaired) electrons. The van der Waals surface area contributed by atoms with Crippen molar-refractivity contribution in [3.63, 3.8) is 0 Å². The van der Waals surface area contributed by atoms with E-state index < -0.39 is 0 Å². The van der Waals surface area contributed by atoms with Crippen LogP contribution in [0.1, 0.15) is 0 Å². The van der Waals surface area contributed by atoms with Crippen molar-refractivity contribution in [1.82, 2.24) is 0 Å². The molecule has 0 aromatic heterocycles. The fourth-order valence-electron chi connectivity index (χ4n) is 2.72. The van der Waals surface area contributed by atoms with Gasteiger partial charge in [-0.15, -0.1) is 67.8 Å². The minimum atomic E-state index is 0. The third-order valence-corrected chi connectivity index (χ3v) is 7.11. The monoisotopic (exact) mass is 908 g/mol. The summed E-state index contributed by atoms with van der Waals surface area (Å²) >= 11 is 0. The van der Waals surface area contributed by atoms with Gasteiger partial charge in [-0.1, -0.05) is 182 Å². The zero-order valence-electron chi connectivity index (χ0n) is 24.8. The van der Waals surface area contributed by atoms with Crippen molar-refractivity contribution in [1.29, 1.82) is 0 Å². The Kier molecular flexibility index (Phi) is 37.9. The van der Waals surface area contributed by atoms with Crippen LogP contribution < -0.4 is 31.8 Å². The molecule has 0 bridgehead atoms. The van der Waals surface area contributed by atoms with Gasteiger partial charge in [0, 0.05) is 40.8 Å². The predicted octanol–water partition coefficient (Wildman–Crippen LogP) is 7.54. The van der Waals surface area contributed by atoms with Gasteiger partial charge in [-0.3, -0.25) is 0 Å². The summed E-state index contributed by atoms with van der Waals surface area (Å²) in [5, 5.41) is 7.43. The summed E-state index contributed by atoms with van der Waals surface area (Å²) in [5.41, 5.74) is 0. The molecule has 6 aromatic rings. The first kappa shape index (κ1) is 48.9. The van der Waals surface area contributed by atoms with Gasteiger partial charge in [0.2, 0.25) is 0 Å².